The van der Waals surface area contributed by atoms with Crippen LogP contribution in [0.3, 0.4) is 0 Å². The zero-order valence-corrected chi connectivity index (χ0v) is 19.4. The fourth-order valence-electron chi connectivity index (χ4n) is 4.42. The maximum Gasteiger partial charge on any atom is 0.306 e. The summed E-state index contributed by atoms with van der Waals surface area (Å²) >= 11 is 6.55. The molecular formula is C26H21ClN2O6. The van der Waals surface area contributed by atoms with Crippen LogP contribution in [0.2, 0.25) is 5.02 Å². The van der Waals surface area contributed by atoms with Crippen LogP contribution in [0.25, 0.3) is 27.6 Å². The van der Waals surface area contributed by atoms with Crippen LogP contribution in [0.4, 0.5) is 0 Å². The van der Waals surface area contributed by atoms with Gasteiger partial charge in [-0.2, -0.15) is 0 Å². The number of carboxylic acids is 1. The van der Waals surface area contributed by atoms with Crippen LogP contribution in [0.5, 0.6) is 11.8 Å². The molecule has 0 saturated heterocycles. The topological polar surface area (TPSA) is 126 Å². The van der Waals surface area contributed by atoms with Gasteiger partial charge in [-0.05, 0) is 53.3 Å². The van der Waals surface area contributed by atoms with Crippen molar-refractivity contribution in [3.05, 3.63) is 70.5 Å². The normalized spacial score (nSPS) is 15.7. The molecule has 178 valence electrons. The first-order chi connectivity index (χ1) is 16.9. The van der Waals surface area contributed by atoms with Crippen LogP contribution in [0, 0.1) is 5.92 Å². The molecule has 2 heterocycles. The van der Waals surface area contributed by atoms with Crippen molar-refractivity contribution in [2.24, 2.45) is 5.92 Å². The molecule has 9 heteroatoms. The van der Waals surface area contributed by atoms with Crippen molar-refractivity contribution in [3.8, 4) is 22.9 Å². The van der Waals surface area contributed by atoms with Crippen LogP contribution in [-0.4, -0.2) is 39.2 Å². The Hall–Kier alpha value is -4.04. The number of nitrogens with one attached hydrogen (secondary N) is 1. The zero-order chi connectivity index (χ0) is 24.7. The Bertz CT molecular complexity index is 1480. The fourth-order valence-corrected chi connectivity index (χ4v) is 4.69. The van der Waals surface area contributed by atoms with Gasteiger partial charge >= 0.3 is 5.97 Å². The minimum absolute atomic E-state index is 0.0497. The van der Waals surface area contributed by atoms with Gasteiger partial charge in [0, 0.05) is 10.9 Å². The predicted octanol–water partition coefficient (Wildman–Crippen LogP) is 5.69. The van der Waals surface area contributed by atoms with Gasteiger partial charge in [0.15, 0.2) is 0 Å². The van der Waals surface area contributed by atoms with E-state index in [1.54, 1.807) is 12.1 Å². The number of benzene rings is 2. The van der Waals surface area contributed by atoms with Crippen molar-refractivity contribution in [3.63, 3.8) is 0 Å². The average molecular weight is 493 g/mol. The highest BCUT2D eigenvalue weighted by molar-refractivity contribution is 6.34. The number of hydrogen-bond acceptors (Lipinski definition) is 6. The Morgan fingerprint density at radius 2 is 1.91 bits per heavy atom. The Labute approximate surface area is 204 Å². The van der Waals surface area contributed by atoms with Gasteiger partial charge in [0.25, 0.3) is 5.88 Å². The van der Waals surface area contributed by atoms with E-state index >= 15 is 0 Å². The van der Waals surface area contributed by atoms with E-state index in [9.17, 15) is 19.8 Å². The number of carbonyl (C=O) groups is 2. The number of methoxy groups -OCH3 is 1. The highest BCUT2D eigenvalue weighted by atomic mass is 35.5. The standard InChI is InChI=1S/C26H21ClN2O6/c1-34-22-12-21(35-29-22)24(30)23-18-10-17(19(27)11-20(18)28-25(23)31)15-6-2-13(3-7-15)14-4-8-16(9-5-14)26(32)33/h2-4,6-7,10-12,16,28,31H,5,8-9H2,1H3,(H,32,33). The average Bonchev–Trinajstić information content (AvgIpc) is 3.47. The summed E-state index contributed by atoms with van der Waals surface area (Å²) < 4.78 is 10.0. The second-order valence-corrected chi connectivity index (χ2v) is 8.81. The summed E-state index contributed by atoms with van der Waals surface area (Å²) in [4.78, 5) is 27.0. The third-order valence-electron chi connectivity index (χ3n) is 6.34. The van der Waals surface area contributed by atoms with Crippen LogP contribution in [-0.2, 0) is 4.79 Å². The third-order valence-corrected chi connectivity index (χ3v) is 6.65. The molecule has 1 aliphatic carbocycles. The van der Waals surface area contributed by atoms with E-state index in [2.05, 4.69) is 10.1 Å². The minimum Gasteiger partial charge on any atom is -0.494 e. The largest absolute Gasteiger partial charge is 0.494 e. The number of aromatic hydroxyl groups is 1. The quantitative estimate of drug-likeness (QED) is 0.295. The lowest BCUT2D eigenvalue weighted by atomic mass is 9.86. The maximum absolute atomic E-state index is 13.0. The Balaban J connectivity index is 1.49. The number of nitrogens with zero attached hydrogens (tertiary/aromatic N) is 1. The summed E-state index contributed by atoms with van der Waals surface area (Å²) in [5.74, 6) is -1.83. The van der Waals surface area contributed by atoms with Crippen molar-refractivity contribution in [2.75, 3.05) is 7.11 Å². The first-order valence-corrected chi connectivity index (χ1v) is 11.4. The molecular weight excluding hydrogens is 472 g/mol. The predicted molar refractivity (Wildman–Crippen MR) is 130 cm³/mol. The van der Waals surface area contributed by atoms with E-state index in [1.807, 2.05) is 30.3 Å². The number of fused-ring (bicyclic) bond motifs is 1. The molecule has 35 heavy (non-hydrogen) atoms. The number of rotatable bonds is 6. The van der Waals surface area contributed by atoms with Gasteiger partial charge in [0.05, 0.1) is 35.2 Å². The van der Waals surface area contributed by atoms with E-state index in [0.29, 0.717) is 40.8 Å². The summed E-state index contributed by atoms with van der Waals surface area (Å²) in [5.41, 5.74) is 4.24. The molecule has 2 aromatic heterocycles. The Morgan fingerprint density at radius 3 is 2.54 bits per heavy atom. The van der Waals surface area contributed by atoms with Crippen LogP contribution >= 0.6 is 11.6 Å². The number of halogens is 1. The smallest absolute Gasteiger partial charge is 0.306 e. The van der Waals surface area contributed by atoms with Crippen LogP contribution in [0.1, 0.15) is 40.9 Å². The monoisotopic (exact) mass is 492 g/mol. The molecule has 8 nitrogen and oxygen atoms in total. The SMILES string of the molecule is COc1cc(C(=O)c2c(O)[nH]c3cc(Cl)c(-c4ccc(C5=CCC(C(=O)O)CC5)cc4)cc23)on1. The molecule has 1 aliphatic rings. The number of allylic oxidation sites excluding steroid dienone is 2. The molecule has 0 fully saturated rings. The number of carboxylic acid groups (broad SMARTS) is 1. The zero-order valence-electron chi connectivity index (χ0n) is 18.7. The molecule has 2 aromatic carbocycles. The molecule has 3 N–H and O–H groups in total. The number of aromatic nitrogens is 2. The molecule has 4 aromatic rings. The molecule has 0 spiro atoms. The highest BCUT2D eigenvalue weighted by Crippen LogP contribution is 2.38. The molecule has 0 radical (unpaired) electrons. The first kappa shape index (κ1) is 22.7. The highest BCUT2D eigenvalue weighted by Gasteiger charge is 2.25. The van der Waals surface area contributed by atoms with Gasteiger partial charge in [-0.25, -0.2) is 0 Å². The molecule has 0 aliphatic heterocycles. The number of ketones is 1. The lowest BCUT2D eigenvalue weighted by Crippen LogP contribution is -2.15. The fraction of sp³-hybridized carbons (Fsp3) is 0.192. The number of ether oxygens (including phenoxy) is 1. The van der Waals surface area contributed by atoms with E-state index in [0.717, 1.165) is 16.7 Å². The molecule has 5 rings (SSSR count). The lowest BCUT2D eigenvalue weighted by Gasteiger charge is -2.19. The van der Waals surface area contributed by atoms with Crippen LogP contribution < -0.4 is 4.74 Å². The molecule has 0 amide bonds. The van der Waals surface area contributed by atoms with Gasteiger partial charge in [-0.15, -0.1) is 0 Å². The van der Waals surface area contributed by atoms with Crippen molar-refractivity contribution < 1.29 is 29.1 Å². The van der Waals surface area contributed by atoms with Gasteiger partial charge in [-0.1, -0.05) is 41.9 Å². The minimum atomic E-state index is -0.753. The van der Waals surface area contributed by atoms with Gasteiger partial charge in [0.1, 0.15) is 0 Å². The van der Waals surface area contributed by atoms with Crippen molar-refractivity contribution >= 4 is 39.8 Å². The molecule has 1 unspecified atom stereocenters. The summed E-state index contributed by atoms with van der Waals surface area (Å²) in [6.45, 7) is 0. The third kappa shape index (κ3) is 4.17. The lowest BCUT2D eigenvalue weighted by molar-refractivity contribution is -0.141. The maximum atomic E-state index is 13.0. The second kappa shape index (κ2) is 8.96. The summed E-state index contributed by atoms with van der Waals surface area (Å²) in [7, 11) is 1.41. The van der Waals surface area contributed by atoms with Gasteiger partial charge in [-0.3, -0.25) is 9.59 Å². The van der Waals surface area contributed by atoms with Gasteiger partial charge in [0.2, 0.25) is 17.4 Å². The number of aliphatic carboxylic acids is 1. The van der Waals surface area contributed by atoms with Crippen molar-refractivity contribution in [1.82, 2.24) is 10.1 Å². The number of aromatic amines is 1. The van der Waals surface area contributed by atoms with Crippen molar-refractivity contribution in [2.45, 2.75) is 19.3 Å². The summed E-state index contributed by atoms with van der Waals surface area (Å²) in [6.07, 6.45) is 3.86. The molecule has 0 bridgehead atoms. The van der Waals surface area contributed by atoms with Gasteiger partial charge < -0.3 is 24.5 Å². The molecule has 1 atom stereocenters. The van der Waals surface area contributed by atoms with E-state index in [1.165, 1.54) is 13.2 Å². The summed E-state index contributed by atoms with van der Waals surface area (Å²) in [5, 5.41) is 24.2. The molecule has 0 saturated carbocycles. The first-order valence-electron chi connectivity index (χ1n) is 11.0. The van der Waals surface area contributed by atoms with E-state index in [-0.39, 0.29) is 29.0 Å². The number of hydrogen-bond donors (Lipinski definition) is 3. The Morgan fingerprint density at radius 1 is 1.17 bits per heavy atom. The summed E-state index contributed by atoms with van der Waals surface area (Å²) in [6, 6.07) is 12.6. The number of carbonyl (C=O) groups excluding carboxylic acids is 1. The van der Waals surface area contributed by atoms with Crippen LogP contribution in [0.15, 0.2) is 53.1 Å². The number of H-pyrrole nitrogens is 1. The second-order valence-electron chi connectivity index (χ2n) is 8.41. The Kier molecular flexibility index (Phi) is 5.82. The van der Waals surface area contributed by atoms with Crippen molar-refractivity contribution in [1.29, 1.82) is 0 Å². The van der Waals surface area contributed by atoms with E-state index < -0.39 is 11.8 Å². The van der Waals surface area contributed by atoms with E-state index in [4.69, 9.17) is 20.9 Å².